The third-order valence-electron chi connectivity index (χ3n) is 1.54. The van der Waals surface area contributed by atoms with Crippen LogP contribution in [-0.4, -0.2) is 24.9 Å². The van der Waals surface area contributed by atoms with E-state index in [1.165, 1.54) is 5.01 Å². The monoisotopic (exact) mass is 207 g/mol. The van der Waals surface area contributed by atoms with Gasteiger partial charge in [0, 0.05) is 7.05 Å². The summed E-state index contributed by atoms with van der Waals surface area (Å²) in [5.41, 5.74) is 0. The van der Waals surface area contributed by atoms with Crippen molar-refractivity contribution in [2.24, 2.45) is 5.10 Å². The second-order valence-corrected chi connectivity index (χ2v) is 3.01. The van der Waals surface area contributed by atoms with Crippen molar-refractivity contribution in [2.45, 2.75) is 6.61 Å². The summed E-state index contributed by atoms with van der Waals surface area (Å²) < 4.78 is 10.6. The molecule has 0 spiro atoms. The maximum absolute atomic E-state index is 5.42. The lowest BCUT2D eigenvalue weighted by Crippen LogP contribution is -1.98. The highest BCUT2D eigenvalue weighted by Crippen LogP contribution is 2.07. The molecule has 0 N–H and O–H groups in total. The Bertz CT molecular complexity index is 329. The van der Waals surface area contributed by atoms with E-state index in [0.717, 1.165) is 5.76 Å². The Morgan fingerprint density at radius 2 is 2.40 bits per heavy atom. The third kappa shape index (κ3) is 4.46. The van der Waals surface area contributed by atoms with Gasteiger partial charge in [-0.3, -0.25) is 5.01 Å². The van der Waals surface area contributed by atoms with Crippen molar-refractivity contribution in [3.8, 4) is 0 Å². The summed E-state index contributed by atoms with van der Waals surface area (Å²) in [4.78, 5) is 0. The van der Waals surface area contributed by atoms with Gasteiger partial charge in [0.05, 0.1) is 19.9 Å². The van der Waals surface area contributed by atoms with Crippen molar-refractivity contribution < 1.29 is 9.15 Å². The van der Waals surface area contributed by atoms with Crippen LogP contribution in [0.2, 0.25) is 0 Å². The molecule has 0 amide bonds. The van der Waals surface area contributed by atoms with Crippen LogP contribution in [0.4, 0.5) is 0 Å². The van der Waals surface area contributed by atoms with Crippen LogP contribution in [0.25, 0.3) is 0 Å². The first-order chi connectivity index (χ1) is 7.22. The molecule has 1 aromatic heterocycles. The van der Waals surface area contributed by atoms with E-state index >= 15 is 0 Å². The second-order valence-electron chi connectivity index (χ2n) is 3.01. The normalized spacial score (nSPS) is 10.8. The Hall–Kier alpha value is -1.55. The first-order valence-electron chi connectivity index (χ1n) is 4.58. The zero-order chi connectivity index (χ0) is 11.1. The number of hydrogen-bond acceptors (Lipinski definition) is 4. The molecule has 0 bridgehead atoms. The van der Waals surface area contributed by atoms with E-state index in [1.807, 2.05) is 12.1 Å². The molecule has 15 heavy (non-hydrogen) atoms. The van der Waals surface area contributed by atoms with Gasteiger partial charge in [-0.05, 0) is 12.1 Å². The summed E-state index contributed by atoms with van der Waals surface area (Å²) in [5, 5.41) is 5.41. The fraction of sp³-hybridized carbons (Fsp3) is 0.273. The lowest BCUT2D eigenvalue weighted by Gasteiger charge is -2.00. The molecule has 0 aliphatic rings. The standard InChI is InChI=1S/C11H15N2O2/c1-4-7-14-9-11-6-5-10(15-11)8-12-13(2)3/h4-6,8H,1-2,7,9H2,3H3/b12-8-. The van der Waals surface area contributed by atoms with E-state index < -0.39 is 0 Å². The van der Waals surface area contributed by atoms with Gasteiger partial charge in [-0.1, -0.05) is 6.08 Å². The van der Waals surface area contributed by atoms with Crippen LogP contribution in [-0.2, 0) is 11.3 Å². The van der Waals surface area contributed by atoms with Crippen LogP contribution in [0.1, 0.15) is 11.5 Å². The van der Waals surface area contributed by atoms with Crippen LogP contribution in [0, 0.1) is 7.05 Å². The Balaban J connectivity index is 2.45. The van der Waals surface area contributed by atoms with E-state index in [9.17, 15) is 0 Å². The molecule has 4 heteroatoms. The van der Waals surface area contributed by atoms with Crippen LogP contribution in [0.5, 0.6) is 0 Å². The van der Waals surface area contributed by atoms with Crippen molar-refractivity contribution in [2.75, 3.05) is 13.7 Å². The van der Waals surface area contributed by atoms with Gasteiger partial charge >= 0.3 is 0 Å². The number of furan rings is 1. The minimum atomic E-state index is 0.445. The lowest BCUT2D eigenvalue weighted by atomic mass is 10.4. The van der Waals surface area contributed by atoms with Crippen LogP contribution in [0.15, 0.2) is 34.3 Å². The highest BCUT2D eigenvalue weighted by atomic mass is 16.5. The summed E-state index contributed by atoms with van der Waals surface area (Å²) in [7, 11) is 5.32. The Morgan fingerprint density at radius 3 is 3.07 bits per heavy atom. The summed E-state index contributed by atoms with van der Waals surface area (Å²) >= 11 is 0. The second kappa shape index (κ2) is 6.03. The smallest absolute Gasteiger partial charge is 0.147 e. The fourth-order valence-corrected chi connectivity index (χ4v) is 0.940. The molecule has 1 heterocycles. The van der Waals surface area contributed by atoms with E-state index in [2.05, 4.69) is 18.7 Å². The highest BCUT2D eigenvalue weighted by molar-refractivity contribution is 5.75. The third-order valence-corrected chi connectivity index (χ3v) is 1.54. The van der Waals surface area contributed by atoms with Crippen LogP contribution < -0.4 is 0 Å². The SMILES string of the molecule is [CH2]N(C)/N=C\c1ccc(COCC=C)o1. The number of nitrogens with zero attached hydrogens (tertiary/aromatic N) is 2. The molecule has 0 aliphatic heterocycles. The van der Waals surface area contributed by atoms with Crippen molar-refractivity contribution in [3.05, 3.63) is 43.4 Å². The first-order valence-corrected chi connectivity index (χ1v) is 4.58. The van der Waals surface area contributed by atoms with Crippen molar-refractivity contribution in [3.63, 3.8) is 0 Å². The van der Waals surface area contributed by atoms with Crippen LogP contribution >= 0.6 is 0 Å². The molecule has 0 unspecified atom stereocenters. The molecule has 0 saturated heterocycles. The summed E-state index contributed by atoms with van der Waals surface area (Å²) in [6, 6.07) is 3.69. The van der Waals surface area contributed by atoms with Gasteiger partial charge in [0.25, 0.3) is 0 Å². The van der Waals surface area contributed by atoms with Gasteiger partial charge in [-0.15, -0.1) is 6.58 Å². The van der Waals surface area contributed by atoms with E-state index in [1.54, 1.807) is 19.3 Å². The largest absolute Gasteiger partial charge is 0.458 e. The quantitative estimate of drug-likeness (QED) is 0.310. The molecule has 0 aromatic carbocycles. The Kier molecular flexibility index (Phi) is 4.63. The highest BCUT2D eigenvalue weighted by Gasteiger charge is 1.99. The molecule has 0 fully saturated rings. The fourth-order valence-electron chi connectivity index (χ4n) is 0.940. The molecule has 81 valence electrons. The average Bonchev–Trinajstić information content (AvgIpc) is 2.63. The molecule has 1 aromatic rings. The van der Waals surface area contributed by atoms with Crippen molar-refractivity contribution >= 4 is 6.21 Å². The predicted molar refractivity (Wildman–Crippen MR) is 59.3 cm³/mol. The van der Waals surface area contributed by atoms with Gasteiger partial charge in [-0.25, -0.2) is 0 Å². The predicted octanol–water partition coefficient (Wildman–Crippen LogP) is 2.04. The molecule has 0 saturated carbocycles. The van der Waals surface area contributed by atoms with Gasteiger partial charge < -0.3 is 9.15 Å². The van der Waals surface area contributed by atoms with Gasteiger partial charge in [0.2, 0.25) is 0 Å². The van der Waals surface area contributed by atoms with Gasteiger partial charge in [0.1, 0.15) is 18.1 Å². The number of rotatable bonds is 6. The number of ether oxygens (including phenoxy) is 1. The zero-order valence-electron chi connectivity index (χ0n) is 8.85. The summed E-state index contributed by atoms with van der Waals surface area (Å²) in [6.45, 7) is 4.52. The maximum Gasteiger partial charge on any atom is 0.147 e. The lowest BCUT2D eigenvalue weighted by molar-refractivity contribution is 0.131. The van der Waals surface area contributed by atoms with Crippen molar-refractivity contribution in [1.29, 1.82) is 0 Å². The van der Waals surface area contributed by atoms with Crippen molar-refractivity contribution in [1.82, 2.24) is 5.01 Å². The maximum atomic E-state index is 5.42. The minimum absolute atomic E-state index is 0.445. The van der Waals surface area contributed by atoms with Gasteiger partial charge in [-0.2, -0.15) is 5.10 Å². The Labute approximate surface area is 89.8 Å². The molecule has 1 rings (SSSR count). The molecular weight excluding hydrogens is 192 g/mol. The summed E-state index contributed by atoms with van der Waals surface area (Å²) in [6.07, 6.45) is 3.30. The zero-order valence-corrected chi connectivity index (χ0v) is 8.85. The van der Waals surface area contributed by atoms with Crippen LogP contribution in [0.3, 0.4) is 0 Å². The molecule has 1 radical (unpaired) electrons. The number of hydrogen-bond donors (Lipinski definition) is 0. The first kappa shape index (κ1) is 11.5. The minimum Gasteiger partial charge on any atom is -0.458 e. The average molecular weight is 207 g/mol. The topological polar surface area (TPSA) is 38.0 Å². The molecule has 0 aliphatic carbocycles. The summed E-state index contributed by atoms with van der Waals surface area (Å²) in [5.74, 6) is 1.45. The van der Waals surface area contributed by atoms with E-state index in [-0.39, 0.29) is 0 Å². The molecule has 0 atom stereocenters. The van der Waals surface area contributed by atoms with Gasteiger partial charge in [0.15, 0.2) is 0 Å². The molecular formula is C11H15N2O2. The number of hydrazone groups is 1. The Morgan fingerprint density at radius 1 is 1.60 bits per heavy atom. The molecule has 4 nitrogen and oxygen atoms in total. The van der Waals surface area contributed by atoms with E-state index in [4.69, 9.17) is 9.15 Å². The van der Waals surface area contributed by atoms with E-state index in [0.29, 0.717) is 19.0 Å².